The molecule has 6 rings (SSSR count). The molecule has 3 nitrogen and oxygen atoms in total. The molecule has 4 aliphatic rings. The fourth-order valence-corrected chi connectivity index (χ4v) is 9.17. The highest BCUT2D eigenvalue weighted by Gasteiger charge is 2.54. The lowest BCUT2D eigenvalue weighted by Crippen LogP contribution is -2.35. The van der Waals surface area contributed by atoms with Crippen LogP contribution < -0.4 is 0 Å². The standard InChI is InChI=1S/C38H57NO2S/c1-35(2,3)27-19-15-18-26(22-27)34-31-32(38(40-34)20-13-14-21-38)30-28(39-33(31)25-16-11-12-17-25)23-37(7,8)24-29(30)41-42(9,10)36(4,5)6/h15,18-19,22,25,29,34H,11-14,16-17,20-21,23-24H2,1-10H3. The largest absolute Gasteiger partial charge is 0.358 e. The number of rotatable bonds is 4. The minimum absolute atomic E-state index is 0.0487. The van der Waals surface area contributed by atoms with Crippen LogP contribution in [0.25, 0.3) is 0 Å². The summed E-state index contributed by atoms with van der Waals surface area (Å²) in [6.45, 7) is 18.9. The molecule has 4 heteroatoms. The summed E-state index contributed by atoms with van der Waals surface area (Å²) in [4.78, 5) is 5.76. The van der Waals surface area contributed by atoms with Crippen molar-refractivity contribution in [3.63, 3.8) is 0 Å². The molecule has 2 heterocycles. The fraction of sp³-hybridized carbons (Fsp3) is 0.711. The lowest BCUT2D eigenvalue weighted by Gasteiger charge is -2.49. The Labute approximate surface area is 258 Å². The number of hydrogen-bond acceptors (Lipinski definition) is 3. The number of hydrogen-bond donors (Lipinski definition) is 0. The first kappa shape index (κ1) is 30.7. The molecule has 0 radical (unpaired) electrons. The van der Waals surface area contributed by atoms with E-state index in [1.807, 2.05) is 0 Å². The van der Waals surface area contributed by atoms with E-state index >= 15 is 0 Å². The molecule has 1 aliphatic heterocycles. The highest BCUT2D eigenvalue weighted by Crippen LogP contribution is 2.64. The number of nitrogens with zero attached hydrogens (tertiary/aromatic N) is 1. The van der Waals surface area contributed by atoms with Gasteiger partial charge in [0, 0.05) is 27.5 Å². The zero-order chi connectivity index (χ0) is 30.3. The second kappa shape index (κ2) is 10.3. The first-order valence-electron chi connectivity index (χ1n) is 16.8. The second-order valence-corrected chi connectivity index (χ2v) is 21.1. The van der Waals surface area contributed by atoms with Crippen molar-refractivity contribution in [1.82, 2.24) is 4.98 Å². The van der Waals surface area contributed by atoms with Gasteiger partial charge in [-0.05, 0) is 78.6 Å². The maximum Gasteiger partial charge on any atom is 0.111 e. The highest BCUT2D eigenvalue weighted by atomic mass is 32.3. The van der Waals surface area contributed by atoms with Gasteiger partial charge in [0.2, 0.25) is 0 Å². The number of benzene rings is 1. The van der Waals surface area contributed by atoms with Gasteiger partial charge in [-0.15, -0.1) is 10.3 Å². The van der Waals surface area contributed by atoms with Crippen LogP contribution in [0.1, 0.15) is 171 Å². The molecule has 2 unspecified atom stereocenters. The van der Waals surface area contributed by atoms with Crippen LogP contribution >= 0.6 is 10.3 Å². The van der Waals surface area contributed by atoms with Crippen molar-refractivity contribution in [2.45, 2.75) is 153 Å². The SMILES string of the molecule is CC1(C)Cc2nc(C3CCCC3)c3c(c2C(OS(C)(C)C(C)(C)C)C1)C1(CCCC1)OC3c1cccc(C(C)(C)C)c1. The maximum atomic E-state index is 7.51. The summed E-state index contributed by atoms with van der Waals surface area (Å²) in [7, 11) is -1.32. The predicted molar refractivity (Wildman–Crippen MR) is 179 cm³/mol. The van der Waals surface area contributed by atoms with E-state index in [0.29, 0.717) is 5.92 Å². The van der Waals surface area contributed by atoms with Gasteiger partial charge in [-0.3, -0.25) is 4.98 Å². The third-order valence-corrected chi connectivity index (χ3v) is 14.9. The monoisotopic (exact) mass is 591 g/mol. The van der Waals surface area contributed by atoms with Gasteiger partial charge in [-0.2, -0.15) is 0 Å². The number of ether oxygens (including phenoxy) is 1. The van der Waals surface area contributed by atoms with E-state index in [0.717, 1.165) is 25.7 Å². The molecule has 2 aromatic rings. The first-order valence-corrected chi connectivity index (χ1v) is 19.2. The zero-order valence-electron chi connectivity index (χ0n) is 28.3. The molecule has 232 valence electrons. The van der Waals surface area contributed by atoms with Crippen molar-refractivity contribution in [2.75, 3.05) is 12.5 Å². The molecule has 2 saturated carbocycles. The summed E-state index contributed by atoms with van der Waals surface area (Å²) in [5.41, 5.74) is 9.78. The van der Waals surface area contributed by atoms with E-state index < -0.39 is 10.3 Å². The molecule has 2 atom stereocenters. The number of pyridine rings is 1. The average molecular weight is 592 g/mol. The van der Waals surface area contributed by atoms with E-state index in [1.165, 1.54) is 77.7 Å². The van der Waals surface area contributed by atoms with Crippen molar-refractivity contribution in [3.05, 3.63) is 63.5 Å². The lowest BCUT2D eigenvalue weighted by atomic mass is 9.70. The molecular weight excluding hydrogens is 534 g/mol. The van der Waals surface area contributed by atoms with E-state index in [9.17, 15) is 0 Å². The highest BCUT2D eigenvalue weighted by molar-refractivity contribution is 8.29. The van der Waals surface area contributed by atoms with Gasteiger partial charge in [0.25, 0.3) is 0 Å². The fourth-order valence-electron chi connectivity index (χ4n) is 8.14. The van der Waals surface area contributed by atoms with Crippen LogP contribution in [-0.4, -0.2) is 22.2 Å². The Balaban J connectivity index is 1.61. The van der Waals surface area contributed by atoms with E-state index in [4.69, 9.17) is 13.9 Å². The molecule has 1 aromatic carbocycles. The van der Waals surface area contributed by atoms with Crippen LogP contribution in [0.3, 0.4) is 0 Å². The van der Waals surface area contributed by atoms with Gasteiger partial charge in [0.1, 0.15) is 6.10 Å². The van der Waals surface area contributed by atoms with Crippen molar-refractivity contribution >= 4 is 10.3 Å². The summed E-state index contributed by atoms with van der Waals surface area (Å²) in [6.07, 6.45) is 16.7. The predicted octanol–water partition coefficient (Wildman–Crippen LogP) is 10.7. The normalized spacial score (nSPS) is 26.0. The minimum atomic E-state index is -1.32. The van der Waals surface area contributed by atoms with Gasteiger partial charge in [0.15, 0.2) is 0 Å². The number of aromatic nitrogens is 1. The van der Waals surface area contributed by atoms with Gasteiger partial charge >= 0.3 is 0 Å². The number of fused-ring (bicyclic) bond motifs is 4. The Kier molecular flexibility index (Phi) is 7.55. The maximum absolute atomic E-state index is 7.51. The summed E-state index contributed by atoms with van der Waals surface area (Å²) in [6, 6.07) is 9.30. The van der Waals surface area contributed by atoms with Crippen molar-refractivity contribution in [1.29, 1.82) is 0 Å². The van der Waals surface area contributed by atoms with Crippen molar-refractivity contribution in [3.8, 4) is 0 Å². The third kappa shape index (κ3) is 5.30. The molecule has 0 N–H and O–H groups in total. The molecule has 2 fully saturated rings. The summed E-state index contributed by atoms with van der Waals surface area (Å²) in [5.74, 6) is 0.540. The van der Waals surface area contributed by atoms with Crippen LogP contribution in [-0.2, 0) is 26.4 Å². The molecule has 0 saturated heterocycles. The van der Waals surface area contributed by atoms with Gasteiger partial charge < -0.3 is 8.92 Å². The summed E-state index contributed by atoms with van der Waals surface area (Å²) >= 11 is 0. The molecule has 42 heavy (non-hydrogen) atoms. The van der Waals surface area contributed by atoms with Crippen molar-refractivity contribution in [2.24, 2.45) is 5.41 Å². The van der Waals surface area contributed by atoms with E-state index in [2.05, 4.69) is 92.2 Å². The lowest BCUT2D eigenvalue weighted by molar-refractivity contribution is -0.0578. The van der Waals surface area contributed by atoms with Crippen LogP contribution in [0, 0.1) is 5.41 Å². The van der Waals surface area contributed by atoms with Crippen LogP contribution in [0.5, 0.6) is 0 Å². The van der Waals surface area contributed by atoms with E-state index in [-0.39, 0.29) is 33.4 Å². The van der Waals surface area contributed by atoms with Gasteiger partial charge in [-0.1, -0.05) is 105 Å². The molecule has 3 aliphatic carbocycles. The quantitative estimate of drug-likeness (QED) is 0.354. The Bertz CT molecular complexity index is 1330. The average Bonchev–Trinajstić information content (AvgIpc) is 3.63. The summed E-state index contributed by atoms with van der Waals surface area (Å²) in [5, 5.41) is 0. The molecule has 0 amide bonds. The van der Waals surface area contributed by atoms with Crippen LogP contribution in [0.2, 0.25) is 0 Å². The Morgan fingerprint density at radius 1 is 0.929 bits per heavy atom. The Morgan fingerprint density at radius 3 is 2.21 bits per heavy atom. The minimum Gasteiger partial charge on any atom is -0.358 e. The third-order valence-electron chi connectivity index (χ3n) is 11.2. The second-order valence-electron chi connectivity index (χ2n) is 17.2. The molecule has 0 bridgehead atoms. The topological polar surface area (TPSA) is 31.4 Å². The smallest absolute Gasteiger partial charge is 0.111 e. The summed E-state index contributed by atoms with van der Waals surface area (Å²) < 4.78 is 15.0. The van der Waals surface area contributed by atoms with Crippen LogP contribution in [0.4, 0.5) is 0 Å². The van der Waals surface area contributed by atoms with Gasteiger partial charge in [0.05, 0.1) is 17.4 Å². The van der Waals surface area contributed by atoms with E-state index in [1.54, 1.807) is 0 Å². The first-order chi connectivity index (χ1) is 19.5. The van der Waals surface area contributed by atoms with Crippen LogP contribution in [0.15, 0.2) is 24.3 Å². The molecule has 1 aromatic heterocycles. The van der Waals surface area contributed by atoms with Crippen molar-refractivity contribution < 1.29 is 8.92 Å². The molecular formula is C38H57NO2S. The Morgan fingerprint density at radius 2 is 1.60 bits per heavy atom. The van der Waals surface area contributed by atoms with Gasteiger partial charge in [-0.25, -0.2) is 0 Å². The zero-order valence-corrected chi connectivity index (χ0v) is 29.1. The Hall–Kier alpha value is -1.36. The molecule has 1 spiro atoms.